The number of carbonyl (C=O) groups excluding carboxylic acids is 1. The molecule has 0 bridgehead atoms. The summed E-state index contributed by atoms with van der Waals surface area (Å²) in [6.07, 6.45) is 2.15. The van der Waals surface area contributed by atoms with Gasteiger partial charge in [-0.15, -0.1) is 0 Å². The maximum Gasteiger partial charge on any atom is 0.279 e. The number of benzene rings is 2. The number of hydrogen-bond acceptors (Lipinski definition) is 3. The van der Waals surface area contributed by atoms with Gasteiger partial charge in [-0.05, 0) is 37.1 Å². The molecular weight excluding hydrogens is 340 g/mol. The van der Waals surface area contributed by atoms with Crippen LogP contribution in [0.25, 0.3) is 0 Å². The molecule has 2 N–H and O–H groups in total. The topological polar surface area (TPSA) is 52.0 Å². The zero-order valence-corrected chi connectivity index (χ0v) is 16.6. The molecule has 1 unspecified atom stereocenters. The Labute approximate surface area is 161 Å². The van der Waals surface area contributed by atoms with Crippen LogP contribution in [0.5, 0.6) is 11.5 Å². The molecule has 2 atom stereocenters. The summed E-state index contributed by atoms with van der Waals surface area (Å²) in [6, 6.07) is 12.3. The largest absolute Gasteiger partial charge is 0.497 e. The second-order valence-corrected chi connectivity index (χ2v) is 7.20. The number of hydrogen-bond donors (Lipinski definition) is 2. The van der Waals surface area contributed by atoms with E-state index in [0.717, 1.165) is 53.3 Å². The molecule has 1 aliphatic rings. The Morgan fingerprint density at radius 3 is 2.56 bits per heavy atom. The molecule has 1 aliphatic heterocycles. The van der Waals surface area contributed by atoms with Crippen molar-refractivity contribution in [2.24, 2.45) is 0 Å². The van der Waals surface area contributed by atoms with Crippen molar-refractivity contribution in [3.05, 3.63) is 53.1 Å². The molecule has 1 saturated heterocycles. The van der Waals surface area contributed by atoms with Gasteiger partial charge in [0.1, 0.15) is 17.5 Å². The van der Waals surface area contributed by atoms with Gasteiger partial charge < -0.3 is 19.7 Å². The van der Waals surface area contributed by atoms with Crippen LogP contribution in [0.15, 0.2) is 36.4 Å². The molecule has 2 aromatic carbocycles. The van der Waals surface area contributed by atoms with Crippen LogP contribution in [-0.4, -0.2) is 33.2 Å². The first-order valence-corrected chi connectivity index (χ1v) is 9.46. The van der Waals surface area contributed by atoms with Crippen molar-refractivity contribution >= 4 is 11.6 Å². The maximum atomic E-state index is 12.7. The van der Waals surface area contributed by atoms with E-state index in [2.05, 4.69) is 11.4 Å². The molecule has 2 aromatic rings. The van der Waals surface area contributed by atoms with Crippen molar-refractivity contribution in [3.8, 4) is 11.5 Å². The fourth-order valence-electron chi connectivity index (χ4n) is 4.01. The molecule has 1 amide bonds. The van der Waals surface area contributed by atoms with E-state index in [4.69, 9.17) is 9.47 Å². The summed E-state index contributed by atoms with van der Waals surface area (Å²) in [5, 5.41) is 3.11. The van der Waals surface area contributed by atoms with Crippen LogP contribution in [0.1, 0.15) is 35.6 Å². The molecular formula is C22H29N2O3+. The third kappa shape index (κ3) is 4.25. The van der Waals surface area contributed by atoms with Gasteiger partial charge in [-0.2, -0.15) is 0 Å². The van der Waals surface area contributed by atoms with E-state index < -0.39 is 0 Å². The summed E-state index contributed by atoms with van der Waals surface area (Å²) in [5.74, 6) is 1.67. The Kier molecular flexibility index (Phi) is 6.01. The van der Waals surface area contributed by atoms with Crippen LogP contribution in [0.2, 0.25) is 0 Å². The number of amides is 1. The van der Waals surface area contributed by atoms with E-state index in [1.807, 2.05) is 44.2 Å². The smallest absolute Gasteiger partial charge is 0.279 e. The Hall–Kier alpha value is -2.53. The summed E-state index contributed by atoms with van der Waals surface area (Å²) in [4.78, 5) is 14.0. The van der Waals surface area contributed by atoms with Gasteiger partial charge in [-0.25, -0.2) is 0 Å². The third-order valence-corrected chi connectivity index (χ3v) is 5.43. The zero-order valence-electron chi connectivity index (χ0n) is 16.6. The quantitative estimate of drug-likeness (QED) is 0.823. The van der Waals surface area contributed by atoms with Gasteiger partial charge in [0.2, 0.25) is 0 Å². The molecule has 0 radical (unpaired) electrons. The summed E-state index contributed by atoms with van der Waals surface area (Å²) >= 11 is 0. The Morgan fingerprint density at radius 1 is 1.15 bits per heavy atom. The number of anilines is 1. The molecule has 3 rings (SSSR count). The molecule has 0 saturated carbocycles. The minimum absolute atomic E-state index is 0.0572. The second kappa shape index (κ2) is 8.44. The number of nitrogens with one attached hydrogen (secondary N) is 2. The van der Waals surface area contributed by atoms with E-state index in [1.165, 1.54) is 4.90 Å². The second-order valence-electron chi connectivity index (χ2n) is 7.20. The van der Waals surface area contributed by atoms with E-state index >= 15 is 0 Å². The number of likely N-dealkylation sites (tertiary alicyclic amines) is 1. The number of carbonyl (C=O) groups is 1. The van der Waals surface area contributed by atoms with Crippen LogP contribution >= 0.6 is 0 Å². The van der Waals surface area contributed by atoms with Crippen LogP contribution in [0, 0.1) is 13.8 Å². The lowest BCUT2D eigenvalue weighted by molar-refractivity contribution is -0.910. The van der Waals surface area contributed by atoms with Crippen molar-refractivity contribution in [3.63, 3.8) is 0 Å². The maximum absolute atomic E-state index is 12.7. The molecule has 5 heteroatoms. The summed E-state index contributed by atoms with van der Waals surface area (Å²) < 4.78 is 10.9. The Balaban J connectivity index is 1.74. The normalized spacial score (nSPS) is 19.0. The van der Waals surface area contributed by atoms with Crippen LogP contribution in [0.3, 0.4) is 0 Å². The lowest BCUT2D eigenvalue weighted by Gasteiger charge is -2.23. The first-order chi connectivity index (χ1) is 13.0. The van der Waals surface area contributed by atoms with Crippen molar-refractivity contribution < 1.29 is 19.2 Å². The predicted molar refractivity (Wildman–Crippen MR) is 107 cm³/mol. The minimum Gasteiger partial charge on any atom is -0.497 e. The number of aryl methyl sites for hydroxylation is 2. The molecule has 0 aliphatic carbocycles. The Morgan fingerprint density at radius 2 is 1.89 bits per heavy atom. The van der Waals surface area contributed by atoms with Gasteiger partial charge in [0, 0.05) is 24.6 Å². The molecule has 144 valence electrons. The number of ether oxygens (including phenoxy) is 2. The van der Waals surface area contributed by atoms with Gasteiger partial charge in [-0.3, -0.25) is 4.79 Å². The highest BCUT2D eigenvalue weighted by Gasteiger charge is 2.33. The van der Waals surface area contributed by atoms with Gasteiger partial charge >= 0.3 is 0 Å². The predicted octanol–water partition coefficient (Wildman–Crippen LogP) is 2.68. The highest BCUT2D eigenvalue weighted by molar-refractivity contribution is 5.93. The van der Waals surface area contributed by atoms with Crippen molar-refractivity contribution in [2.45, 2.75) is 32.7 Å². The highest BCUT2D eigenvalue weighted by Crippen LogP contribution is 2.31. The minimum atomic E-state index is 0.0572. The van der Waals surface area contributed by atoms with E-state index in [1.54, 1.807) is 14.2 Å². The van der Waals surface area contributed by atoms with Crippen molar-refractivity contribution in [2.75, 3.05) is 32.6 Å². The van der Waals surface area contributed by atoms with E-state index in [0.29, 0.717) is 6.54 Å². The van der Waals surface area contributed by atoms with Crippen LogP contribution in [-0.2, 0) is 4.79 Å². The van der Waals surface area contributed by atoms with Crippen LogP contribution in [0.4, 0.5) is 5.69 Å². The summed E-state index contributed by atoms with van der Waals surface area (Å²) in [5.41, 5.74) is 4.26. The molecule has 5 nitrogen and oxygen atoms in total. The number of rotatable bonds is 6. The molecule has 1 fully saturated rings. The molecule has 0 spiro atoms. The third-order valence-electron chi connectivity index (χ3n) is 5.43. The average molecular weight is 369 g/mol. The zero-order chi connectivity index (χ0) is 19.4. The molecule has 0 aromatic heterocycles. The van der Waals surface area contributed by atoms with Gasteiger partial charge in [0.05, 0.1) is 26.3 Å². The van der Waals surface area contributed by atoms with E-state index in [9.17, 15) is 4.79 Å². The van der Waals surface area contributed by atoms with Crippen LogP contribution < -0.4 is 19.7 Å². The first-order valence-electron chi connectivity index (χ1n) is 9.46. The lowest BCUT2D eigenvalue weighted by atomic mass is 10.0. The van der Waals surface area contributed by atoms with Crippen molar-refractivity contribution in [1.82, 2.24) is 0 Å². The SMILES string of the molecule is COc1ccc([C@H]2CCC[NH+]2CC(=O)Nc2c(C)cccc2C)c(OC)c1. The average Bonchev–Trinajstić information content (AvgIpc) is 3.12. The first kappa shape index (κ1) is 19.2. The Bertz CT molecular complexity index is 799. The summed E-state index contributed by atoms with van der Waals surface area (Å²) in [6.45, 7) is 5.49. The highest BCUT2D eigenvalue weighted by atomic mass is 16.5. The van der Waals surface area contributed by atoms with Gasteiger partial charge in [-0.1, -0.05) is 18.2 Å². The fraction of sp³-hybridized carbons (Fsp3) is 0.409. The van der Waals surface area contributed by atoms with Crippen molar-refractivity contribution in [1.29, 1.82) is 0 Å². The van der Waals surface area contributed by atoms with Gasteiger partial charge in [0.15, 0.2) is 6.54 Å². The molecule has 27 heavy (non-hydrogen) atoms. The fourth-order valence-corrected chi connectivity index (χ4v) is 4.01. The number of para-hydroxylation sites is 1. The molecule has 1 heterocycles. The standard InChI is InChI=1S/C22H28N2O3/c1-15-7-5-8-16(2)22(15)23-21(25)14-24-12-6-9-19(24)18-11-10-17(26-3)13-20(18)27-4/h5,7-8,10-11,13,19H,6,9,12,14H2,1-4H3,(H,23,25)/p+1/t19-/m1/s1. The summed E-state index contributed by atoms with van der Waals surface area (Å²) in [7, 11) is 3.33. The lowest BCUT2D eigenvalue weighted by Crippen LogP contribution is -3.11. The monoisotopic (exact) mass is 369 g/mol. The number of methoxy groups -OCH3 is 2. The van der Waals surface area contributed by atoms with Gasteiger partial charge in [0.25, 0.3) is 5.91 Å². The number of quaternary nitrogens is 1. The van der Waals surface area contributed by atoms with E-state index in [-0.39, 0.29) is 11.9 Å².